The SMILES string of the molecule is CCc1ccccc1Oc1ncnc(NN)c1C(C)C. The summed E-state index contributed by atoms with van der Waals surface area (Å²) in [4.78, 5) is 8.39. The Hall–Kier alpha value is -2.14. The Kier molecular flexibility index (Phi) is 4.53. The third kappa shape index (κ3) is 2.88. The van der Waals surface area contributed by atoms with Crippen LogP contribution in [-0.4, -0.2) is 9.97 Å². The number of nitrogens with zero attached hydrogens (tertiary/aromatic N) is 2. The number of ether oxygens (including phenoxy) is 1. The molecule has 0 fully saturated rings. The van der Waals surface area contributed by atoms with Crippen LogP contribution in [0.1, 0.15) is 37.8 Å². The summed E-state index contributed by atoms with van der Waals surface area (Å²) in [5, 5.41) is 0. The summed E-state index contributed by atoms with van der Waals surface area (Å²) in [7, 11) is 0. The Morgan fingerprint density at radius 1 is 1.25 bits per heavy atom. The van der Waals surface area contributed by atoms with E-state index in [1.165, 1.54) is 6.33 Å². The minimum atomic E-state index is 0.200. The lowest BCUT2D eigenvalue weighted by Crippen LogP contribution is -2.13. The third-order valence-electron chi connectivity index (χ3n) is 3.12. The summed E-state index contributed by atoms with van der Waals surface area (Å²) in [6.07, 6.45) is 2.35. The van der Waals surface area contributed by atoms with Gasteiger partial charge in [-0.05, 0) is 24.0 Å². The van der Waals surface area contributed by atoms with E-state index in [9.17, 15) is 0 Å². The summed E-state index contributed by atoms with van der Waals surface area (Å²) >= 11 is 0. The van der Waals surface area contributed by atoms with Gasteiger partial charge in [0.1, 0.15) is 12.1 Å². The van der Waals surface area contributed by atoms with Crippen LogP contribution in [0.3, 0.4) is 0 Å². The number of aromatic nitrogens is 2. The Balaban J connectivity index is 2.43. The Morgan fingerprint density at radius 3 is 2.65 bits per heavy atom. The molecule has 20 heavy (non-hydrogen) atoms. The molecule has 0 bridgehead atoms. The molecule has 0 amide bonds. The van der Waals surface area contributed by atoms with E-state index in [4.69, 9.17) is 10.6 Å². The predicted octanol–water partition coefficient (Wildman–Crippen LogP) is 3.24. The number of rotatable bonds is 5. The van der Waals surface area contributed by atoms with Crippen LogP contribution in [-0.2, 0) is 6.42 Å². The van der Waals surface area contributed by atoms with Crippen LogP contribution >= 0.6 is 0 Å². The van der Waals surface area contributed by atoms with Crippen molar-refractivity contribution in [2.24, 2.45) is 5.84 Å². The van der Waals surface area contributed by atoms with Crippen LogP contribution in [0.25, 0.3) is 0 Å². The lowest BCUT2D eigenvalue weighted by atomic mass is 10.1. The fraction of sp³-hybridized carbons (Fsp3) is 0.333. The highest BCUT2D eigenvalue weighted by Crippen LogP contribution is 2.33. The molecule has 5 nitrogen and oxygen atoms in total. The van der Waals surface area contributed by atoms with Gasteiger partial charge in [0.25, 0.3) is 0 Å². The number of nitrogens with two attached hydrogens (primary N) is 1. The molecule has 106 valence electrons. The van der Waals surface area contributed by atoms with Gasteiger partial charge >= 0.3 is 0 Å². The van der Waals surface area contributed by atoms with Gasteiger partial charge in [-0.25, -0.2) is 15.8 Å². The Bertz CT molecular complexity index is 584. The molecule has 0 unspecified atom stereocenters. The van der Waals surface area contributed by atoms with Gasteiger partial charge < -0.3 is 10.2 Å². The van der Waals surface area contributed by atoms with Gasteiger partial charge in [0.05, 0.1) is 5.56 Å². The summed E-state index contributed by atoms with van der Waals surface area (Å²) in [6, 6.07) is 7.95. The molecule has 0 atom stereocenters. The molecule has 3 N–H and O–H groups in total. The number of nitrogens with one attached hydrogen (secondary N) is 1. The highest BCUT2D eigenvalue weighted by Gasteiger charge is 2.17. The summed E-state index contributed by atoms with van der Waals surface area (Å²) in [6.45, 7) is 6.20. The van der Waals surface area contributed by atoms with E-state index in [2.05, 4.69) is 36.2 Å². The molecule has 5 heteroatoms. The highest BCUT2D eigenvalue weighted by atomic mass is 16.5. The van der Waals surface area contributed by atoms with Crippen molar-refractivity contribution < 1.29 is 4.74 Å². The van der Waals surface area contributed by atoms with E-state index in [0.717, 1.165) is 23.3 Å². The van der Waals surface area contributed by atoms with Crippen molar-refractivity contribution in [1.29, 1.82) is 0 Å². The van der Waals surface area contributed by atoms with E-state index in [1.807, 2.05) is 24.3 Å². The molecule has 0 saturated heterocycles. The summed E-state index contributed by atoms with van der Waals surface area (Å²) < 4.78 is 5.99. The van der Waals surface area contributed by atoms with Crippen molar-refractivity contribution in [2.45, 2.75) is 33.1 Å². The van der Waals surface area contributed by atoms with Gasteiger partial charge in [0.2, 0.25) is 5.88 Å². The van der Waals surface area contributed by atoms with E-state index in [0.29, 0.717) is 11.7 Å². The fourth-order valence-corrected chi connectivity index (χ4v) is 2.10. The van der Waals surface area contributed by atoms with E-state index >= 15 is 0 Å². The third-order valence-corrected chi connectivity index (χ3v) is 3.12. The lowest BCUT2D eigenvalue weighted by Gasteiger charge is -2.16. The first-order valence-corrected chi connectivity index (χ1v) is 6.74. The first-order chi connectivity index (χ1) is 9.67. The molecule has 1 aromatic carbocycles. The molecule has 0 aliphatic rings. The van der Waals surface area contributed by atoms with Crippen LogP contribution in [0.15, 0.2) is 30.6 Å². The predicted molar refractivity (Wildman–Crippen MR) is 79.8 cm³/mol. The number of hydrazine groups is 1. The fourth-order valence-electron chi connectivity index (χ4n) is 2.10. The molecule has 0 aliphatic heterocycles. The van der Waals surface area contributed by atoms with Crippen molar-refractivity contribution >= 4 is 5.82 Å². The average Bonchev–Trinajstić information content (AvgIpc) is 2.47. The zero-order valence-electron chi connectivity index (χ0n) is 12.1. The molecule has 1 aromatic heterocycles. The van der Waals surface area contributed by atoms with E-state index in [1.54, 1.807) is 0 Å². The highest BCUT2D eigenvalue weighted by molar-refractivity contribution is 5.51. The van der Waals surface area contributed by atoms with Crippen LogP contribution in [0.4, 0.5) is 5.82 Å². The summed E-state index contributed by atoms with van der Waals surface area (Å²) in [5.74, 6) is 7.67. The second-order valence-electron chi connectivity index (χ2n) is 4.80. The lowest BCUT2D eigenvalue weighted by molar-refractivity contribution is 0.447. The number of benzene rings is 1. The minimum Gasteiger partial charge on any atom is -0.438 e. The zero-order valence-corrected chi connectivity index (χ0v) is 12.1. The second kappa shape index (κ2) is 6.34. The maximum absolute atomic E-state index is 5.99. The van der Waals surface area contributed by atoms with Gasteiger partial charge in [-0.2, -0.15) is 0 Å². The van der Waals surface area contributed by atoms with Gasteiger partial charge in [-0.1, -0.05) is 39.0 Å². The monoisotopic (exact) mass is 272 g/mol. The quantitative estimate of drug-likeness (QED) is 0.645. The molecule has 2 aromatic rings. The Labute approximate surface area is 119 Å². The molecular weight excluding hydrogens is 252 g/mol. The van der Waals surface area contributed by atoms with Crippen molar-refractivity contribution in [3.63, 3.8) is 0 Å². The van der Waals surface area contributed by atoms with Gasteiger partial charge in [-0.3, -0.25) is 0 Å². The maximum atomic E-state index is 5.99. The topological polar surface area (TPSA) is 73.1 Å². The van der Waals surface area contributed by atoms with Gasteiger partial charge in [-0.15, -0.1) is 0 Å². The first-order valence-electron chi connectivity index (χ1n) is 6.74. The van der Waals surface area contributed by atoms with E-state index < -0.39 is 0 Å². The van der Waals surface area contributed by atoms with Crippen molar-refractivity contribution in [3.8, 4) is 11.6 Å². The number of para-hydroxylation sites is 1. The average molecular weight is 272 g/mol. The number of hydrogen-bond donors (Lipinski definition) is 2. The molecule has 0 spiro atoms. The normalized spacial score (nSPS) is 10.7. The molecule has 0 aliphatic carbocycles. The van der Waals surface area contributed by atoms with E-state index in [-0.39, 0.29) is 5.92 Å². The number of aryl methyl sites for hydroxylation is 1. The molecule has 1 heterocycles. The Morgan fingerprint density at radius 2 is 2.00 bits per heavy atom. The molecule has 2 rings (SSSR count). The molecular formula is C15H20N4O. The standard InChI is InChI=1S/C15H20N4O/c1-4-11-7-5-6-8-12(11)20-15-13(10(2)3)14(19-16)17-9-18-15/h5-10H,4,16H2,1-3H3,(H,17,18,19). The maximum Gasteiger partial charge on any atom is 0.227 e. The van der Waals surface area contributed by atoms with Crippen LogP contribution < -0.4 is 16.0 Å². The number of nitrogen functional groups attached to an aromatic ring is 1. The summed E-state index contributed by atoms with van der Waals surface area (Å²) in [5.41, 5.74) is 4.62. The zero-order chi connectivity index (χ0) is 14.5. The largest absolute Gasteiger partial charge is 0.438 e. The van der Waals surface area contributed by atoms with Crippen molar-refractivity contribution in [2.75, 3.05) is 5.43 Å². The minimum absolute atomic E-state index is 0.200. The molecule has 0 saturated carbocycles. The number of anilines is 1. The van der Waals surface area contributed by atoms with Crippen LogP contribution in [0.2, 0.25) is 0 Å². The van der Waals surface area contributed by atoms with Crippen molar-refractivity contribution in [3.05, 3.63) is 41.7 Å². The van der Waals surface area contributed by atoms with Crippen LogP contribution in [0, 0.1) is 0 Å². The smallest absolute Gasteiger partial charge is 0.227 e. The first kappa shape index (κ1) is 14.3. The van der Waals surface area contributed by atoms with Crippen molar-refractivity contribution in [1.82, 2.24) is 9.97 Å². The van der Waals surface area contributed by atoms with Gasteiger partial charge in [0.15, 0.2) is 5.82 Å². The number of hydrogen-bond acceptors (Lipinski definition) is 5. The van der Waals surface area contributed by atoms with Crippen LogP contribution in [0.5, 0.6) is 11.6 Å². The molecule has 0 radical (unpaired) electrons. The second-order valence-corrected chi connectivity index (χ2v) is 4.80. The van der Waals surface area contributed by atoms with Gasteiger partial charge in [0, 0.05) is 0 Å².